The van der Waals surface area contributed by atoms with Crippen molar-refractivity contribution in [1.29, 1.82) is 0 Å². The number of hydrogen-bond acceptors (Lipinski definition) is 11. The summed E-state index contributed by atoms with van der Waals surface area (Å²) in [6.07, 6.45) is 2.16. The number of nitrogens with one attached hydrogen (secondary N) is 4. The van der Waals surface area contributed by atoms with Crippen molar-refractivity contribution in [3.05, 3.63) is 35.2 Å². The number of aryl methyl sites for hydroxylation is 1. The molecule has 0 saturated carbocycles. The summed E-state index contributed by atoms with van der Waals surface area (Å²) < 4.78 is 16.3. The minimum Gasteiger partial charge on any atom is -0.497 e. The van der Waals surface area contributed by atoms with Crippen LogP contribution < -0.4 is 31.7 Å². The first kappa shape index (κ1) is 37.8. The first-order valence-electron chi connectivity index (χ1n) is 16.2. The summed E-state index contributed by atoms with van der Waals surface area (Å²) in [5.41, 5.74) is 7.13. The van der Waals surface area contributed by atoms with Crippen LogP contribution in [0.3, 0.4) is 0 Å². The maximum absolute atomic E-state index is 12.5. The number of hydrogen-bond donors (Lipinski definition) is 5. The third-order valence-corrected chi connectivity index (χ3v) is 7.59. The quantitative estimate of drug-likeness (QED) is 0.187. The van der Waals surface area contributed by atoms with E-state index in [9.17, 15) is 19.2 Å². The average Bonchev–Trinajstić information content (AvgIpc) is 3.03. The predicted octanol–water partition coefficient (Wildman–Crippen LogP) is 2.90. The molecule has 0 radical (unpaired) electrons. The van der Waals surface area contributed by atoms with Crippen LogP contribution in [0.4, 0.5) is 22.1 Å². The molecule has 15 nitrogen and oxygen atoms in total. The van der Waals surface area contributed by atoms with Gasteiger partial charge in [0.25, 0.3) is 5.91 Å². The Labute approximate surface area is 282 Å². The van der Waals surface area contributed by atoms with Crippen molar-refractivity contribution in [3.63, 3.8) is 0 Å². The predicted molar refractivity (Wildman–Crippen MR) is 181 cm³/mol. The first-order chi connectivity index (χ1) is 22.7. The molecule has 6 N–H and O–H groups in total. The fraction of sp³-hybridized carbons (Fsp3) is 0.576. The second-order valence-corrected chi connectivity index (χ2v) is 12.6. The lowest BCUT2D eigenvalue weighted by Crippen LogP contribution is -2.48. The number of anilines is 3. The molecule has 3 rings (SSSR count). The molecule has 1 aromatic heterocycles. The summed E-state index contributed by atoms with van der Waals surface area (Å²) in [7, 11) is 3.03. The van der Waals surface area contributed by atoms with Crippen LogP contribution in [-0.2, 0) is 31.9 Å². The minimum absolute atomic E-state index is 0.0268. The van der Waals surface area contributed by atoms with Crippen molar-refractivity contribution in [2.24, 2.45) is 5.73 Å². The van der Waals surface area contributed by atoms with Gasteiger partial charge in [0.15, 0.2) is 17.3 Å². The van der Waals surface area contributed by atoms with Crippen molar-refractivity contribution in [3.8, 4) is 5.75 Å². The van der Waals surface area contributed by atoms with E-state index in [1.807, 2.05) is 19.1 Å². The van der Waals surface area contributed by atoms with E-state index in [-0.39, 0.29) is 36.4 Å². The standard InChI is InChI=1S/C33H50N8O7/c1-8-25-29(37-22-11-15-47-16-12-22)40-30(27(39-25)28(34)43)38-23-17-21(18-24(19-23)46-7)9-13-35-26(42)10-14-36-31(44)20(2)41(6)32(45)48-33(3,4)5/h17-20,22H,8-16H2,1-7H3,(H2,34,43)(H,35,42)(H,36,44)(H2,37,38,40)/t20-/m0/s1. The second kappa shape index (κ2) is 17.5. The summed E-state index contributed by atoms with van der Waals surface area (Å²) in [6, 6.07) is 4.87. The number of nitrogens with zero attached hydrogens (tertiary/aromatic N) is 3. The van der Waals surface area contributed by atoms with E-state index in [4.69, 9.17) is 24.9 Å². The van der Waals surface area contributed by atoms with Crippen molar-refractivity contribution in [2.45, 2.75) is 84.4 Å². The normalized spacial score (nSPS) is 14.0. The topological polar surface area (TPSA) is 199 Å². The summed E-state index contributed by atoms with van der Waals surface area (Å²) >= 11 is 0. The van der Waals surface area contributed by atoms with Gasteiger partial charge in [-0.15, -0.1) is 0 Å². The highest BCUT2D eigenvalue weighted by molar-refractivity contribution is 5.96. The Balaban J connectivity index is 1.59. The molecule has 1 aliphatic heterocycles. The van der Waals surface area contributed by atoms with E-state index in [2.05, 4.69) is 26.3 Å². The van der Waals surface area contributed by atoms with Crippen molar-refractivity contribution >= 4 is 41.1 Å². The average molecular weight is 671 g/mol. The van der Waals surface area contributed by atoms with Gasteiger partial charge in [-0.05, 0) is 71.1 Å². The monoisotopic (exact) mass is 670 g/mol. The van der Waals surface area contributed by atoms with Gasteiger partial charge in [-0.25, -0.2) is 14.8 Å². The molecule has 1 saturated heterocycles. The van der Waals surface area contributed by atoms with Gasteiger partial charge >= 0.3 is 6.09 Å². The van der Waals surface area contributed by atoms with E-state index in [0.717, 1.165) is 18.4 Å². The Morgan fingerprint density at radius 1 is 1.06 bits per heavy atom. The van der Waals surface area contributed by atoms with Crippen molar-refractivity contribution in [2.75, 3.05) is 51.1 Å². The number of benzene rings is 1. The molecule has 1 atom stereocenters. The molecule has 2 aromatic rings. The van der Waals surface area contributed by atoms with Crippen LogP contribution >= 0.6 is 0 Å². The maximum Gasteiger partial charge on any atom is 0.410 e. The van der Waals surface area contributed by atoms with Gasteiger partial charge in [-0.2, -0.15) is 0 Å². The van der Waals surface area contributed by atoms with Crippen LogP contribution in [-0.4, -0.2) is 96.8 Å². The highest BCUT2D eigenvalue weighted by Gasteiger charge is 2.27. The third-order valence-electron chi connectivity index (χ3n) is 7.59. The maximum atomic E-state index is 12.5. The van der Waals surface area contributed by atoms with Gasteiger partial charge < -0.3 is 41.2 Å². The van der Waals surface area contributed by atoms with E-state index < -0.39 is 29.6 Å². The zero-order valence-corrected chi connectivity index (χ0v) is 29.0. The smallest absolute Gasteiger partial charge is 0.410 e. The Kier molecular flexibility index (Phi) is 13.8. The number of amides is 4. The molecule has 15 heteroatoms. The Bertz CT molecular complexity index is 1440. The molecule has 48 heavy (non-hydrogen) atoms. The van der Waals surface area contributed by atoms with Crippen LogP contribution in [0, 0.1) is 0 Å². The molecule has 264 valence electrons. The number of primary amides is 1. The second-order valence-electron chi connectivity index (χ2n) is 12.6. The van der Waals surface area contributed by atoms with Crippen molar-refractivity contribution < 1.29 is 33.4 Å². The summed E-state index contributed by atoms with van der Waals surface area (Å²) in [5.74, 6) is 0.0238. The summed E-state index contributed by atoms with van der Waals surface area (Å²) in [5, 5.41) is 12.2. The lowest BCUT2D eigenvalue weighted by Gasteiger charge is -2.28. The Morgan fingerprint density at radius 2 is 1.77 bits per heavy atom. The zero-order valence-electron chi connectivity index (χ0n) is 29.0. The van der Waals surface area contributed by atoms with Crippen LogP contribution in [0.1, 0.15) is 75.6 Å². The number of rotatable bonds is 15. The van der Waals surface area contributed by atoms with E-state index in [1.165, 1.54) is 11.9 Å². The third kappa shape index (κ3) is 11.5. The van der Waals surface area contributed by atoms with Gasteiger partial charge in [-0.1, -0.05) is 6.92 Å². The molecule has 0 bridgehead atoms. The van der Waals surface area contributed by atoms with Gasteiger partial charge in [-0.3, -0.25) is 19.3 Å². The number of carbonyl (C=O) groups excluding carboxylic acids is 4. The highest BCUT2D eigenvalue weighted by Crippen LogP contribution is 2.27. The van der Waals surface area contributed by atoms with Gasteiger partial charge in [0, 0.05) is 57.6 Å². The first-order valence-corrected chi connectivity index (χ1v) is 16.2. The molecule has 1 aromatic carbocycles. The molecular weight excluding hydrogens is 620 g/mol. The van der Waals surface area contributed by atoms with Crippen LogP contribution in [0.25, 0.3) is 0 Å². The number of carbonyl (C=O) groups is 4. The molecule has 1 aliphatic rings. The molecule has 0 spiro atoms. The van der Waals surface area contributed by atoms with E-state index in [0.29, 0.717) is 55.5 Å². The Hall–Kier alpha value is -4.66. The van der Waals surface area contributed by atoms with Gasteiger partial charge in [0.1, 0.15) is 17.4 Å². The van der Waals surface area contributed by atoms with Gasteiger partial charge in [0.05, 0.1) is 12.8 Å². The lowest BCUT2D eigenvalue weighted by atomic mass is 10.1. The summed E-state index contributed by atoms with van der Waals surface area (Å²) in [6.45, 7) is 10.5. The lowest BCUT2D eigenvalue weighted by molar-refractivity contribution is -0.125. The van der Waals surface area contributed by atoms with Crippen LogP contribution in [0.2, 0.25) is 0 Å². The zero-order chi connectivity index (χ0) is 35.4. The molecule has 1 fully saturated rings. The van der Waals surface area contributed by atoms with Gasteiger partial charge in [0.2, 0.25) is 11.8 Å². The fourth-order valence-corrected chi connectivity index (χ4v) is 4.81. The number of likely N-dealkylation sites (N-methyl/N-ethyl adjacent to an activating group) is 1. The molecule has 0 unspecified atom stereocenters. The van der Waals surface area contributed by atoms with E-state index >= 15 is 0 Å². The molecule has 2 heterocycles. The number of methoxy groups -OCH3 is 1. The molecule has 0 aliphatic carbocycles. The minimum atomic E-state index is -0.775. The van der Waals surface area contributed by atoms with Crippen molar-refractivity contribution in [1.82, 2.24) is 25.5 Å². The number of ether oxygens (including phenoxy) is 3. The van der Waals surface area contributed by atoms with E-state index in [1.54, 1.807) is 40.9 Å². The summed E-state index contributed by atoms with van der Waals surface area (Å²) in [4.78, 5) is 60.1. The number of nitrogens with two attached hydrogens (primary N) is 1. The van der Waals surface area contributed by atoms with Crippen LogP contribution in [0.15, 0.2) is 18.2 Å². The molecular formula is C33H50N8O7. The SMILES string of the molecule is CCc1nc(C(N)=O)c(Nc2cc(CCNC(=O)CCNC(=O)[C@H](C)N(C)C(=O)OC(C)(C)C)cc(OC)c2)nc1NC1CCOCC1. The molecule has 4 amide bonds. The largest absolute Gasteiger partial charge is 0.497 e. The Morgan fingerprint density at radius 3 is 2.40 bits per heavy atom. The highest BCUT2D eigenvalue weighted by atomic mass is 16.6. The fourth-order valence-electron chi connectivity index (χ4n) is 4.81. The van der Waals surface area contributed by atoms with Crippen LogP contribution in [0.5, 0.6) is 5.75 Å². The number of aromatic nitrogens is 2.